The zero-order valence-electron chi connectivity index (χ0n) is 25.9. The van der Waals surface area contributed by atoms with Crippen LogP contribution < -0.4 is 24.8 Å². The quantitative estimate of drug-likeness (QED) is 0.153. The zero-order valence-corrected chi connectivity index (χ0v) is 25.9. The van der Waals surface area contributed by atoms with Gasteiger partial charge in [0.1, 0.15) is 29.3 Å². The van der Waals surface area contributed by atoms with Crippen LogP contribution in [0.5, 0.6) is 23.0 Å². The lowest BCUT2D eigenvalue weighted by Gasteiger charge is -2.23. The number of benzene rings is 3. The Kier molecular flexibility index (Phi) is 8.11. The molecule has 0 spiro atoms. The molecule has 7 rings (SSSR count). The van der Waals surface area contributed by atoms with E-state index < -0.39 is 11.2 Å². The van der Waals surface area contributed by atoms with Crippen LogP contribution in [0.15, 0.2) is 72.9 Å². The summed E-state index contributed by atoms with van der Waals surface area (Å²) in [7, 11) is 1.60. The molecule has 8 nitrogen and oxygen atoms in total. The number of methoxy groups -OCH3 is 1. The van der Waals surface area contributed by atoms with Crippen LogP contribution in [0.3, 0.4) is 0 Å². The Morgan fingerprint density at radius 2 is 1.72 bits per heavy atom. The van der Waals surface area contributed by atoms with Crippen molar-refractivity contribution in [1.29, 1.82) is 0 Å². The maximum absolute atomic E-state index is 15.3. The largest absolute Gasteiger partial charge is 0.493 e. The molecular weight excluding hydrogens is 585 g/mol. The molecule has 0 bridgehead atoms. The molecule has 0 atom stereocenters. The highest BCUT2D eigenvalue weighted by atomic mass is 19.1. The molecule has 1 heterocycles. The minimum Gasteiger partial charge on any atom is -0.493 e. The average molecular weight is 624 g/mol. The van der Waals surface area contributed by atoms with E-state index in [1.54, 1.807) is 37.6 Å². The Morgan fingerprint density at radius 1 is 0.935 bits per heavy atom. The van der Waals surface area contributed by atoms with Gasteiger partial charge in [-0.3, -0.25) is 14.6 Å². The number of para-hydroxylation sites is 1. The van der Waals surface area contributed by atoms with Gasteiger partial charge in [0.2, 0.25) is 5.91 Å². The van der Waals surface area contributed by atoms with Crippen LogP contribution in [0.25, 0.3) is 10.9 Å². The number of ketones is 1. The minimum absolute atomic E-state index is 0.0298. The minimum atomic E-state index is -1.11. The van der Waals surface area contributed by atoms with Crippen LogP contribution in [0, 0.1) is 11.2 Å². The number of Topliss-reactive ketones (excluding diaryl/α,β-unsaturated/α-hetero) is 1. The molecule has 238 valence electrons. The molecule has 9 heteroatoms. The van der Waals surface area contributed by atoms with Gasteiger partial charge in [-0.2, -0.15) is 0 Å². The summed E-state index contributed by atoms with van der Waals surface area (Å²) in [5.41, 5.74) is 0.425. The van der Waals surface area contributed by atoms with E-state index in [0.717, 1.165) is 12.8 Å². The van der Waals surface area contributed by atoms with Gasteiger partial charge in [-0.1, -0.05) is 37.1 Å². The summed E-state index contributed by atoms with van der Waals surface area (Å²) < 4.78 is 33.4. The van der Waals surface area contributed by atoms with E-state index in [1.165, 1.54) is 37.8 Å². The van der Waals surface area contributed by atoms with Gasteiger partial charge in [-0.15, -0.1) is 0 Å². The van der Waals surface area contributed by atoms with Crippen LogP contribution in [-0.4, -0.2) is 42.0 Å². The van der Waals surface area contributed by atoms with Crippen LogP contribution in [0.4, 0.5) is 10.1 Å². The molecule has 46 heavy (non-hydrogen) atoms. The Balaban J connectivity index is 1.03. The molecule has 2 N–H and O–H groups in total. The van der Waals surface area contributed by atoms with Gasteiger partial charge in [0, 0.05) is 41.9 Å². The lowest BCUT2D eigenvalue weighted by Crippen LogP contribution is -2.42. The standard InChI is InChI=1S/C37H38FN3O5/c1-44-32-21-28-30(22-33(32)45-23-36(14-15-36)41-26-9-5-6-10-26)39-18-13-31(28)46-27-12-11-24(29(38)20-27)19-34(42)37(16-17-37)35(43)40-25-7-3-2-4-8-25/h2-4,7-8,11-13,18,20-22,26,41H,5-6,9-10,14-17,19,23H2,1H3,(H,40,43). The van der Waals surface area contributed by atoms with Crippen LogP contribution in [-0.2, 0) is 16.0 Å². The van der Waals surface area contributed by atoms with Crippen LogP contribution >= 0.6 is 0 Å². The number of hydrogen-bond donors (Lipinski definition) is 2. The maximum atomic E-state index is 15.3. The van der Waals surface area contributed by atoms with Crippen molar-refractivity contribution in [2.24, 2.45) is 5.41 Å². The number of ether oxygens (including phenoxy) is 3. The molecular formula is C37H38FN3O5. The summed E-state index contributed by atoms with van der Waals surface area (Å²) in [5.74, 6) is 0.728. The van der Waals surface area contributed by atoms with Gasteiger partial charge in [-0.05, 0) is 74.4 Å². The summed E-state index contributed by atoms with van der Waals surface area (Å²) in [6.45, 7) is 0.564. The van der Waals surface area contributed by atoms with E-state index >= 15 is 4.39 Å². The fraction of sp³-hybridized carbons (Fsp3) is 0.378. The SMILES string of the molecule is COc1cc2c(Oc3ccc(CC(=O)C4(C(=O)Nc5ccccc5)CC4)c(F)c3)ccnc2cc1OCC1(NC2CCCC2)CC1. The number of rotatable bonds is 13. The predicted octanol–water partition coefficient (Wildman–Crippen LogP) is 7.15. The second-order valence-electron chi connectivity index (χ2n) is 12.9. The summed E-state index contributed by atoms with van der Waals surface area (Å²) >= 11 is 0. The van der Waals surface area contributed by atoms with Gasteiger partial charge in [0.15, 0.2) is 17.3 Å². The third kappa shape index (κ3) is 6.29. The van der Waals surface area contributed by atoms with Gasteiger partial charge in [0.05, 0.1) is 18.2 Å². The Morgan fingerprint density at radius 3 is 2.41 bits per heavy atom. The fourth-order valence-electron chi connectivity index (χ4n) is 6.42. The van der Waals surface area contributed by atoms with Gasteiger partial charge >= 0.3 is 0 Å². The first-order valence-electron chi connectivity index (χ1n) is 16.1. The Bertz CT molecular complexity index is 1760. The van der Waals surface area contributed by atoms with Gasteiger partial charge in [-0.25, -0.2) is 4.39 Å². The Labute approximate surface area is 267 Å². The highest BCUT2D eigenvalue weighted by molar-refractivity contribution is 6.14. The van der Waals surface area contributed by atoms with Crippen molar-refractivity contribution in [1.82, 2.24) is 10.3 Å². The van der Waals surface area contributed by atoms with Crippen molar-refractivity contribution in [2.45, 2.75) is 69.4 Å². The number of nitrogens with zero attached hydrogens (tertiary/aromatic N) is 1. The van der Waals surface area contributed by atoms with E-state index in [4.69, 9.17) is 14.2 Å². The molecule has 3 aromatic carbocycles. The number of hydrogen-bond acceptors (Lipinski definition) is 7. The zero-order chi connectivity index (χ0) is 31.7. The van der Waals surface area contributed by atoms with E-state index in [0.29, 0.717) is 59.3 Å². The van der Waals surface area contributed by atoms with Crippen molar-refractivity contribution in [3.05, 3.63) is 84.3 Å². The normalized spacial score (nSPS) is 17.8. The molecule has 0 radical (unpaired) electrons. The smallest absolute Gasteiger partial charge is 0.238 e. The predicted molar refractivity (Wildman–Crippen MR) is 173 cm³/mol. The van der Waals surface area contributed by atoms with Crippen molar-refractivity contribution in [3.63, 3.8) is 0 Å². The topological polar surface area (TPSA) is 98.8 Å². The first kappa shape index (κ1) is 30.2. The highest BCUT2D eigenvalue weighted by Crippen LogP contribution is 2.48. The van der Waals surface area contributed by atoms with E-state index in [-0.39, 0.29) is 35.0 Å². The fourth-order valence-corrected chi connectivity index (χ4v) is 6.42. The first-order chi connectivity index (χ1) is 22.4. The summed E-state index contributed by atoms with van der Waals surface area (Å²) in [6, 6.07) is 19.4. The lowest BCUT2D eigenvalue weighted by molar-refractivity contribution is -0.132. The summed E-state index contributed by atoms with van der Waals surface area (Å²) in [6.07, 6.45) is 9.61. The molecule has 4 aromatic rings. The van der Waals surface area contributed by atoms with Gasteiger partial charge < -0.3 is 24.8 Å². The van der Waals surface area contributed by atoms with Crippen LogP contribution in [0.1, 0.15) is 56.9 Å². The number of pyridine rings is 1. The van der Waals surface area contributed by atoms with E-state index in [9.17, 15) is 9.59 Å². The number of carbonyl (C=O) groups excluding carboxylic acids is 2. The number of anilines is 1. The first-order valence-corrected chi connectivity index (χ1v) is 16.1. The number of carbonyl (C=O) groups is 2. The van der Waals surface area contributed by atoms with Crippen molar-refractivity contribution in [2.75, 3.05) is 19.0 Å². The summed E-state index contributed by atoms with van der Waals surface area (Å²) in [4.78, 5) is 30.6. The molecule has 0 unspecified atom stereocenters. The second-order valence-corrected chi connectivity index (χ2v) is 12.9. The molecule has 3 aliphatic rings. The number of nitrogens with one attached hydrogen (secondary N) is 2. The third-order valence-electron chi connectivity index (χ3n) is 9.56. The summed E-state index contributed by atoms with van der Waals surface area (Å²) in [5, 5.41) is 7.33. The number of halogens is 1. The van der Waals surface area contributed by atoms with Crippen LogP contribution in [0.2, 0.25) is 0 Å². The maximum Gasteiger partial charge on any atom is 0.238 e. The van der Waals surface area contributed by atoms with E-state index in [1.807, 2.05) is 30.3 Å². The average Bonchev–Trinajstić information content (AvgIpc) is 3.98. The third-order valence-corrected chi connectivity index (χ3v) is 9.56. The molecule has 3 aliphatic carbocycles. The van der Waals surface area contributed by atoms with Crippen molar-refractivity contribution < 1.29 is 28.2 Å². The van der Waals surface area contributed by atoms with E-state index in [2.05, 4.69) is 15.6 Å². The molecule has 0 aliphatic heterocycles. The van der Waals surface area contributed by atoms with Gasteiger partial charge in [0.25, 0.3) is 0 Å². The lowest BCUT2D eigenvalue weighted by atomic mass is 9.93. The molecule has 3 saturated carbocycles. The number of aromatic nitrogens is 1. The highest BCUT2D eigenvalue weighted by Gasteiger charge is 2.55. The van der Waals surface area contributed by atoms with Crippen molar-refractivity contribution >= 4 is 28.3 Å². The number of fused-ring (bicyclic) bond motifs is 1. The second kappa shape index (κ2) is 12.4. The molecule has 1 amide bonds. The monoisotopic (exact) mass is 623 g/mol. The molecule has 1 aromatic heterocycles. The van der Waals surface area contributed by atoms with Crippen molar-refractivity contribution in [3.8, 4) is 23.0 Å². The Hall–Kier alpha value is -4.50. The number of amides is 1. The molecule has 0 saturated heterocycles. The molecule has 3 fully saturated rings.